The Morgan fingerprint density at radius 1 is 1.35 bits per heavy atom. The highest BCUT2D eigenvalue weighted by atomic mass is 19.4. The SMILES string of the molecule is O=C(O)N1CCc2c(nnn2Cc2ccc(F)cc2C(O)C(F)(F)F)C1. The third-order valence-corrected chi connectivity index (χ3v) is 4.18. The van der Waals surface area contributed by atoms with Gasteiger partial charge in [-0.3, -0.25) is 0 Å². The smallest absolute Gasteiger partial charge is 0.418 e. The molecule has 0 spiro atoms. The molecule has 0 fully saturated rings. The topological polar surface area (TPSA) is 91.5 Å². The Kier molecular flexibility index (Phi) is 4.57. The fraction of sp³-hybridized carbons (Fsp3) is 0.400. The zero-order valence-electron chi connectivity index (χ0n) is 13.2. The number of aromatic nitrogens is 3. The highest BCUT2D eigenvalue weighted by Gasteiger charge is 2.40. The molecule has 7 nitrogen and oxygen atoms in total. The maximum atomic E-state index is 13.4. The number of rotatable bonds is 3. The minimum atomic E-state index is -4.94. The number of alkyl halides is 3. The van der Waals surface area contributed by atoms with Gasteiger partial charge in [0.1, 0.15) is 11.5 Å². The predicted octanol–water partition coefficient (Wildman–Crippen LogP) is 2.10. The number of aliphatic hydroxyl groups is 1. The molecular formula is C15H14F4N4O3. The van der Waals surface area contributed by atoms with Crippen LogP contribution in [0.25, 0.3) is 0 Å². The zero-order chi connectivity index (χ0) is 19.1. The molecule has 11 heteroatoms. The molecule has 1 aromatic heterocycles. The fourth-order valence-corrected chi connectivity index (χ4v) is 2.86. The molecule has 1 amide bonds. The largest absolute Gasteiger partial charge is 0.465 e. The van der Waals surface area contributed by atoms with E-state index in [-0.39, 0.29) is 25.2 Å². The summed E-state index contributed by atoms with van der Waals surface area (Å²) < 4.78 is 53.3. The lowest BCUT2D eigenvalue weighted by molar-refractivity contribution is -0.207. The van der Waals surface area contributed by atoms with E-state index in [9.17, 15) is 27.5 Å². The number of hydrogen-bond acceptors (Lipinski definition) is 4. The summed E-state index contributed by atoms with van der Waals surface area (Å²) in [5.74, 6) is -0.898. The summed E-state index contributed by atoms with van der Waals surface area (Å²) in [4.78, 5) is 12.2. The van der Waals surface area contributed by atoms with E-state index >= 15 is 0 Å². The number of hydrogen-bond donors (Lipinski definition) is 2. The van der Waals surface area contributed by atoms with Crippen molar-refractivity contribution in [2.24, 2.45) is 0 Å². The van der Waals surface area contributed by atoms with E-state index in [0.29, 0.717) is 23.9 Å². The van der Waals surface area contributed by atoms with Gasteiger partial charge in [0.2, 0.25) is 0 Å². The van der Waals surface area contributed by atoms with Gasteiger partial charge in [0.15, 0.2) is 6.10 Å². The average molecular weight is 374 g/mol. The maximum Gasteiger partial charge on any atom is 0.418 e. The summed E-state index contributed by atoms with van der Waals surface area (Å²) in [6.45, 7) is 0.0848. The van der Waals surface area contributed by atoms with Gasteiger partial charge in [-0.2, -0.15) is 13.2 Å². The molecule has 1 aliphatic heterocycles. The van der Waals surface area contributed by atoms with Crippen LogP contribution < -0.4 is 0 Å². The quantitative estimate of drug-likeness (QED) is 0.803. The first-order valence-corrected chi connectivity index (χ1v) is 7.59. The van der Waals surface area contributed by atoms with Crippen LogP contribution >= 0.6 is 0 Å². The standard InChI is InChI=1S/C15H14F4N4O3/c16-9-2-1-8(10(5-9)13(24)15(17,18)19)6-23-12-3-4-22(14(25)26)7-11(12)20-21-23/h1-2,5,13,24H,3-4,6-7H2,(H,25,26). The second-order valence-corrected chi connectivity index (χ2v) is 5.88. The molecule has 0 bridgehead atoms. The second kappa shape index (κ2) is 6.56. The van der Waals surface area contributed by atoms with Crippen LogP contribution in [0.3, 0.4) is 0 Å². The molecule has 0 saturated carbocycles. The Balaban J connectivity index is 1.91. The Morgan fingerprint density at radius 3 is 2.73 bits per heavy atom. The number of aliphatic hydroxyl groups excluding tert-OH is 1. The lowest BCUT2D eigenvalue weighted by atomic mass is 10.0. The van der Waals surface area contributed by atoms with Crippen LogP contribution in [0.2, 0.25) is 0 Å². The van der Waals surface area contributed by atoms with Gasteiger partial charge in [0.25, 0.3) is 0 Å². The van der Waals surface area contributed by atoms with Gasteiger partial charge in [0.05, 0.1) is 18.8 Å². The number of carbonyl (C=O) groups is 1. The summed E-state index contributed by atoms with van der Waals surface area (Å²) in [6.07, 6.45) is -8.56. The molecule has 26 heavy (non-hydrogen) atoms. The zero-order valence-corrected chi connectivity index (χ0v) is 13.2. The number of amides is 1. The van der Waals surface area contributed by atoms with E-state index < -0.39 is 29.8 Å². The van der Waals surface area contributed by atoms with Crippen molar-refractivity contribution in [3.63, 3.8) is 0 Å². The van der Waals surface area contributed by atoms with Crippen LogP contribution in [0.1, 0.15) is 28.6 Å². The molecule has 1 aromatic carbocycles. The second-order valence-electron chi connectivity index (χ2n) is 5.88. The molecule has 0 aliphatic carbocycles. The highest BCUT2D eigenvalue weighted by molar-refractivity contribution is 5.65. The summed E-state index contributed by atoms with van der Waals surface area (Å²) >= 11 is 0. The molecule has 0 radical (unpaired) electrons. The first kappa shape index (κ1) is 18.1. The van der Waals surface area contributed by atoms with Crippen LogP contribution in [0.4, 0.5) is 22.4 Å². The molecule has 1 atom stereocenters. The van der Waals surface area contributed by atoms with Crippen LogP contribution in [-0.4, -0.2) is 48.9 Å². The van der Waals surface area contributed by atoms with Crippen molar-refractivity contribution >= 4 is 6.09 Å². The van der Waals surface area contributed by atoms with Crippen molar-refractivity contribution in [1.29, 1.82) is 0 Å². The highest BCUT2D eigenvalue weighted by Crippen LogP contribution is 2.35. The first-order valence-electron chi connectivity index (χ1n) is 7.59. The van der Waals surface area contributed by atoms with Crippen molar-refractivity contribution in [3.8, 4) is 0 Å². The summed E-state index contributed by atoms with van der Waals surface area (Å²) in [5, 5.41) is 26.3. The Morgan fingerprint density at radius 2 is 2.08 bits per heavy atom. The first-order chi connectivity index (χ1) is 12.2. The van der Waals surface area contributed by atoms with Crippen molar-refractivity contribution in [3.05, 3.63) is 46.5 Å². The molecule has 140 valence electrons. The fourth-order valence-electron chi connectivity index (χ4n) is 2.86. The molecular weight excluding hydrogens is 360 g/mol. The van der Waals surface area contributed by atoms with E-state index in [1.807, 2.05) is 0 Å². The minimum absolute atomic E-state index is 0.0338. The van der Waals surface area contributed by atoms with Gasteiger partial charge in [-0.1, -0.05) is 11.3 Å². The van der Waals surface area contributed by atoms with Crippen molar-refractivity contribution in [2.45, 2.75) is 31.8 Å². The van der Waals surface area contributed by atoms with Crippen molar-refractivity contribution in [1.82, 2.24) is 19.9 Å². The Labute approximate surface area is 144 Å². The van der Waals surface area contributed by atoms with Crippen LogP contribution in [0, 0.1) is 5.82 Å². The molecule has 0 saturated heterocycles. The number of benzene rings is 1. The van der Waals surface area contributed by atoms with E-state index in [4.69, 9.17) is 5.11 Å². The van der Waals surface area contributed by atoms with Crippen LogP contribution in [0.5, 0.6) is 0 Å². The van der Waals surface area contributed by atoms with Crippen molar-refractivity contribution in [2.75, 3.05) is 6.54 Å². The van der Waals surface area contributed by atoms with Crippen LogP contribution in [-0.2, 0) is 19.5 Å². The normalized spacial score (nSPS) is 15.7. The van der Waals surface area contributed by atoms with Crippen LogP contribution in [0.15, 0.2) is 18.2 Å². The average Bonchev–Trinajstić information content (AvgIpc) is 2.97. The van der Waals surface area contributed by atoms with Gasteiger partial charge in [-0.15, -0.1) is 5.10 Å². The van der Waals surface area contributed by atoms with Gasteiger partial charge >= 0.3 is 12.3 Å². The van der Waals surface area contributed by atoms with E-state index in [0.717, 1.165) is 17.0 Å². The Bertz CT molecular complexity index is 837. The number of fused-ring (bicyclic) bond motifs is 1. The van der Waals surface area contributed by atoms with Gasteiger partial charge < -0.3 is 15.1 Å². The lowest BCUT2D eigenvalue weighted by Crippen LogP contribution is -2.35. The lowest BCUT2D eigenvalue weighted by Gasteiger charge is -2.24. The van der Waals surface area contributed by atoms with Gasteiger partial charge in [-0.05, 0) is 23.3 Å². The number of carboxylic acid groups (broad SMARTS) is 1. The van der Waals surface area contributed by atoms with Gasteiger partial charge in [-0.25, -0.2) is 13.9 Å². The third kappa shape index (κ3) is 3.47. The van der Waals surface area contributed by atoms with E-state index in [1.54, 1.807) is 0 Å². The summed E-state index contributed by atoms with van der Waals surface area (Å²) in [6, 6.07) is 2.79. The van der Waals surface area contributed by atoms with Crippen molar-refractivity contribution < 1.29 is 32.6 Å². The monoisotopic (exact) mass is 374 g/mol. The molecule has 1 unspecified atom stereocenters. The number of halogens is 4. The predicted molar refractivity (Wildman–Crippen MR) is 78.7 cm³/mol. The molecule has 2 N–H and O–H groups in total. The molecule has 3 rings (SSSR count). The minimum Gasteiger partial charge on any atom is -0.465 e. The number of nitrogens with zero attached hydrogens (tertiary/aromatic N) is 4. The Hall–Kier alpha value is -2.69. The molecule has 2 aromatic rings. The summed E-state index contributed by atoms with van der Waals surface area (Å²) in [7, 11) is 0. The van der Waals surface area contributed by atoms with E-state index in [1.165, 1.54) is 4.68 Å². The van der Waals surface area contributed by atoms with Gasteiger partial charge in [0, 0.05) is 13.0 Å². The maximum absolute atomic E-state index is 13.4. The molecule has 1 aliphatic rings. The third-order valence-electron chi connectivity index (χ3n) is 4.18. The molecule has 2 heterocycles. The van der Waals surface area contributed by atoms with E-state index in [2.05, 4.69) is 10.3 Å². The summed E-state index contributed by atoms with van der Waals surface area (Å²) in [5.41, 5.74) is 0.465.